The van der Waals surface area contributed by atoms with Crippen molar-refractivity contribution in [2.75, 3.05) is 4.90 Å². The van der Waals surface area contributed by atoms with Crippen LogP contribution >= 0.6 is 11.6 Å². The number of rotatable bonds is 5. The molecule has 3 rings (SSSR count). The van der Waals surface area contributed by atoms with Crippen LogP contribution in [0.15, 0.2) is 66.7 Å². The molecule has 0 aliphatic carbocycles. The number of halogens is 1. The zero-order valence-corrected chi connectivity index (χ0v) is 15.8. The van der Waals surface area contributed by atoms with Crippen molar-refractivity contribution in [1.29, 1.82) is 0 Å². The van der Waals surface area contributed by atoms with Crippen molar-refractivity contribution in [1.82, 2.24) is 0 Å². The van der Waals surface area contributed by atoms with E-state index in [4.69, 9.17) is 11.6 Å². The van der Waals surface area contributed by atoms with E-state index in [1.54, 1.807) is 0 Å². The molecule has 0 aromatic heterocycles. The van der Waals surface area contributed by atoms with Crippen LogP contribution in [-0.4, -0.2) is 22.1 Å². The van der Waals surface area contributed by atoms with E-state index < -0.39 is 5.97 Å². The van der Waals surface area contributed by atoms with E-state index in [0.29, 0.717) is 10.7 Å². The molecule has 0 saturated carbocycles. The van der Waals surface area contributed by atoms with Gasteiger partial charge in [0, 0.05) is 17.6 Å². The summed E-state index contributed by atoms with van der Waals surface area (Å²) in [6, 6.07) is 19.3. The monoisotopic (exact) mass is 395 g/mol. The second kappa shape index (κ2) is 8.15. The molecule has 2 N–H and O–H groups in total. The minimum absolute atomic E-state index is 0.233. The average Bonchev–Trinajstić information content (AvgIpc) is 2.67. The molecule has 0 fully saturated rings. The number of carboxylic acid groups (broad SMARTS) is 1. The average molecular weight is 396 g/mol. The van der Waals surface area contributed by atoms with Crippen molar-refractivity contribution in [3.8, 4) is 16.9 Å². The Balaban J connectivity index is 1.85. The van der Waals surface area contributed by atoms with Crippen LogP contribution in [0.4, 0.5) is 5.69 Å². The maximum absolute atomic E-state index is 12.1. The molecule has 28 heavy (non-hydrogen) atoms. The van der Waals surface area contributed by atoms with Crippen molar-refractivity contribution in [2.24, 2.45) is 0 Å². The first-order valence-corrected chi connectivity index (χ1v) is 8.92. The predicted molar refractivity (Wildman–Crippen MR) is 109 cm³/mol. The van der Waals surface area contributed by atoms with Gasteiger partial charge in [0.1, 0.15) is 11.3 Å². The molecule has 3 aromatic rings. The number of nitrogens with zero attached hydrogens (tertiary/aromatic N) is 1. The highest BCUT2D eigenvalue weighted by atomic mass is 35.5. The normalized spacial score (nSPS) is 10.5. The third-order valence-corrected chi connectivity index (χ3v) is 4.63. The molecule has 0 bridgehead atoms. The van der Waals surface area contributed by atoms with Gasteiger partial charge >= 0.3 is 5.97 Å². The molecule has 0 aliphatic heterocycles. The molecule has 0 spiro atoms. The Morgan fingerprint density at radius 3 is 2.04 bits per heavy atom. The second-order valence-electron chi connectivity index (χ2n) is 6.32. The van der Waals surface area contributed by atoms with Gasteiger partial charge in [-0.25, -0.2) is 4.79 Å². The van der Waals surface area contributed by atoms with Gasteiger partial charge in [-0.15, -0.1) is 0 Å². The fourth-order valence-corrected chi connectivity index (χ4v) is 3.00. The highest BCUT2D eigenvalue weighted by molar-refractivity contribution is 6.30. The summed E-state index contributed by atoms with van der Waals surface area (Å²) in [6.07, 6.45) is 0. The van der Waals surface area contributed by atoms with Crippen LogP contribution in [0.1, 0.15) is 22.8 Å². The summed E-state index contributed by atoms with van der Waals surface area (Å²) < 4.78 is 0. The minimum Gasteiger partial charge on any atom is -0.507 e. The Bertz CT molecular complexity index is 1010. The lowest BCUT2D eigenvalue weighted by Gasteiger charge is -2.22. The molecule has 0 radical (unpaired) electrons. The number of aromatic hydroxyl groups is 1. The summed E-state index contributed by atoms with van der Waals surface area (Å²) in [6.45, 7) is 1.69. The van der Waals surface area contributed by atoms with Crippen LogP contribution in [0.25, 0.3) is 11.1 Å². The Morgan fingerprint density at radius 1 is 0.929 bits per heavy atom. The van der Waals surface area contributed by atoms with Crippen LogP contribution < -0.4 is 4.90 Å². The Morgan fingerprint density at radius 2 is 1.50 bits per heavy atom. The molecule has 0 atom stereocenters. The number of hydrogen-bond donors (Lipinski definition) is 2. The first kappa shape index (κ1) is 19.5. The highest BCUT2D eigenvalue weighted by Gasteiger charge is 2.17. The van der Waals surface area contributed by atoms with Crippen molar-refractivity contribution in [3.63, 3.8) is 0 Å². The largest absolute Gasteiger partial charge is 0.507 e. The number of carboxylic acids is 1. The number of carbonyl (C=O) groups is 2. The van der Waals surface area contributed by atoms with Crippen LogP contribution in [0, 0.1) is 0 Å². The van der Waals surface area contributed by atoms with Gasteiger partial charge in [-0.05, 0) is 47.0 Å². The van der Waals surface area contributed by atoms with Crippen molar-refractivity contribution in [2.45, 2.75) is 13.5 Å². The molecule has 0 heterocycles. The summed E-state index contributed by atoms with van der Waals surface area (Å²) in [7, 11) is 0. The van der Waals surface area contributed by atoms with E-state index in [1.807, 2.05) is 48.5 Å². The van der Waals surface area contributed by atoms with Gasteiger partial charge in [-0.3, -0.25) is 4.79 Å². The maximum atomic E-state index is 12.1. The van der Waals surface area contributed by atoms with E-state index >= 15 is 0 Å². The van der Waals surface area contributed by atoms with Gasteiger partial charge < -0.3 is 15.1 Å². The van der Waals surface area contributed by atoms with Crippen molar-refractivity contribution < 1.29 is 19.8 Å². The quantitative estimate of drug-likeness (QED) is 0.639. The molecule has 0 saturated heterocycles. The molecule has 0 unspecified atom stereocenters. The lowest BCUT2D eigenvalue weighted by molar-refractivity contribution is -0.116. The SMILES string of the molecule is CC(=O)N(Cc1ccc(-c2ccc(Cl)cc2)cc1)c1ccc(O)c(C(=O)O)c1. The van der Waals surface area contributed by atoms with Gasteiger partial charge in [-0.1, -0.05) is 48.0 Å². The second-order valence-corrected chi connectivity index (χ2v) is 6.75. The standard InChI is InChI=1S/C22H18ClNO4/c1-14(25)24(19-10-11-21(26)20(12-19)22(27)28)13-15-2-4-16(5-3-15)17-6-8-18(23)9-7-17/h2-12,26H,13H2,1H3,(H,27,28). The van der Waals surface area contributed by atoms with E-state index in [0.717, 1.165) is 16.7 Å². The fraction of sp³-hybridized carbons (Fsp3) is 0.0909. The number of phenols is 1. The van der Waals surface area contributed by atoms with E-state index in [-0.39, 0.29) is 23.8 Å². The molecule has 142 valence electrons. The fourth-order valence-electron chi connectivity index (χ4n) is 2.88. The van der Waals surface area contributed by atoms with Crippen molar-refractivity contribution >= 4 is 29.2 Å². The van der Waals surface area contributed by atoms with Crippen LogP contribution in [0.2, 0.25) is 5.02 Å². The summed E-state index contributed by atoms with van der Waals surface area (Å²) in [4.78, 5) is 24.8. The Hall–Kier alpha value is -3.31. The first-order valence-electron chi connectivity index (χ1n) is 8.54. The van der Waals surface area contributed by atoms with Crippen LogP contribution in [0.3, 0.4) is 0 Å². The number of anilines is 1. The third-order valence-electron chi connectivity index (χ3n) is 4.37. The summed E-state index contributed by atoms with van der Waals surface area (Å²) in [5.74, 6) is -1.83. The topological polar surface area (TPSA) is 77.8 Å². The van der Waals surface area contributed by atoms with E-state index in [2.05, 4.69) is 0 Å². The Labute approximate surface area is 167 Å². The third kappa shape index (κ3) is 4.32. The van der Waals surface area contributed by atoms with Crippen LogP contribution in [-0.2, 0) is 11.3 Å². The zero-order valence-electron chi connectivity index (χ0n) is 15.1. The van der Waals surface area contributed by atoms with Gasteiger partial charge in [0.25, 0.3) is 0 Å². The van der Waals surface area contributed by atoms with Gasteiger partial charge in [0.2, 0.25) is 5.91 Å². The zero-order chi connectivity index (χ0) is 20.3. The highest BCUT2D eigenvalue weighted by Crippen LogP contribution is 2.27. The summed E-state index contributed by atoms with van der Waals surface area (Å²) >= 11 is 5.92. The molecular formula is C22H18ClNO4. The lowest BCUT2D eigenvalue weighted by Crippen LogP contribution is -2.28. The predicted octanol–water partition coefficient (Wildman–Crippen LogP) is 4.96. The van der Waals surface area contributed by atoms with Crippen molar-refractivity contribution in [3.05, 3.63) is 82.9 Å². The summed E-state index contributed by atoms with van der Waals surface area (Å²) in [5.41, 5.74) is 3.10. The molecule has 6 heteroatoms. The van der Waals surface area contributed by atoms with Crippen LogP contribution in [0.5, 0.6) is 5.75 Å². The maximum Gasteiger partial charge on any atom is 0.339 e. The molecule has 3 aromatic carbocycles. The number of benzene rings is 3. The van der Waals surface area contributed by atoms with Gasteiger partial charge in [-0.2, -0.15) is 0 Å². The number of aromatic carboxylic acids is 1. The number of hydrogen-bond acceptors (Lipinski definition) is 3. The minimum atomic E-state index is -1.25. The molecule has 1 amide bonds. The first-order chi connectivity index (χ1) is 13.3. The number of carbonyl (C=O) groups excluding carboxylic acids is 1. The molecule has 0 aliphatic rings. The smallest absolute Gasteiger partial charge is 0.339 e. The molecular weight excluding hydrogens is 378 g/mol. The lowest BCUT2D eigenvalue weighted by atomic mass is 10.0. The van der Waals surface area contributed by atoms with Gasteiger partial charge in [0.05, 0.1) is 6.54 Å². The Kier molecular flexibility index (Phi) is 5.66. The van der Waals surface area contributed by atoms with E-state index in [9.17, 15) is 19.8 Å². The number of amides is 1. The molecule has 5 nitrogen and oxygen atoms in total. The van der Waals surface area contributed by atoms with Gasteiger partial charge in [0.15, 0.2) is 0 Å². The van der Waals surface area contributed by atoms with E-state index in [1.165, 1.54) is 30.0 Å². The summed E-state index contributed by atoms with van der Waals surface area (Å²) in [5, 5.41) is 19.5.